The van der Waals surface area contributed by atoms with Gasteiger partial charge in [-0.05, 0) is 36.4 Å². The monoisotopic (exact) mass is 282 g/mol. The molecule has 4 heteroatoms. The third-order valence-corrected chi connectivity index (χ3v) is 4.07. The summed E-state index contributed by atoms with van der Waals surface area (Å²) >= 11 is 1.35. The number of hydrogen-bond acceptors (Lipinski definition) is 4. The number of aromatic hydroxyl groups is 1. The Morgan fingerprint density at radius 1 is 0.850 bits per heavy atom. The van der Waals surface area contributed by atoms with Crippen LogP contribution in [0.1, 0.15) is 20.7 Å². The van der Waals surface area contributed by atoms with E-state index in [4.69, 9.17) is 0 Å². The van der Waals surface area contributed by atoms with Gasteiger partial charge < -0.3 is 5.11 Å². The molecule has 20 heavy (non-hydrogen) atoms. The van der Waals surface area contributed by atoms with Crippen molar-refractivity contribution in [3.8, 4) is 5.75 Å². The van der Waals surface area contributed by atoms with Gasteiger partial charge in [0.15, 0.2) is 11.6 Å². The Kier molecular flexibility index (Phi) is 3.16. The molecule has 98 valence electrons. The molecule has 0 atom stereocenters. The number of carbonyl (C=O) groups excluding carboxylic acids is 2. The largest absolute Gasteiger partial charge is 0.506 e. The first-order chi connectivity index (χ1) is 9.66. The lowest BCUT2D eigenvalue weighted by atomic mass is 9.94. The van der Waals surface area contributed by atoms with Crippen LogP contribution in [0.3, 0.4) is 0 Å². The summed E-state index contributed by atoms with van der Waals surface area (Å²) in [5.74, 6) is -0.724. The Bertz CT molecular complexity index is 733. The third-order valence-electron chi connectivity index (χ3n) is 3.01. The fourth-order valence-electron chi connectivity index (χ4n) is 2.05. The van der Waals surface area contributed by atoms with Crippen LogP contribution in [0.4, 0.5) is 0 Å². The minimum absolute atomic E-state index is 0.0958. The molecule has 0 aliphatic heterocycles. The predicted octanol–water partition coefficient (Wildman–Crippen LogP) is 3.48. The molecule has 0 radical (unpaired) electrons. The van der Waals surface area contributed by atoms with E-state index in [0.29, 0.717) is 4.90 Å². The van der Waals surface area contributed by atoms with Gasteiger partial charge in [-0.25, -0.2) is 0 Å². The molecule has 3 nitrogen and oxygen atoms in total. The first-order valence-electron chi connectivity index (χ1n) is 6.02. The summed E-state index contributed by atoms with van der Waals surface area (Å²) in [5.41, 5.74) is 0.353. The molecule has 0 amide bonds. The van der Waals surface area contributed by atoms with Crippen molar-refractivity contribution in [2.24, 2.45) is 0 Å². The molecule has 3 rings (SSSR count). The van der Waals surface area contributed by atoms with Crippen LogP contribution in [-0.4, -0.2) is 16.7 Å². The van der Waals surface area contributed by atoms with Crippen molar-refractivity contribution in [3.05, 3.63) is 65.7 Å². The van der Waals surface area contributed by atoms with Crippen LogP contribution in [0.5, 0.6) is 5.75 Å². The molecule has 0 bridgehead atoms. The Hall–Kier alpha value is -2.33. The van der Waals surface area contributed by atoms with E-state index in [0.717, 1.165) is 4.90 Å². The van der Waals surface area contributed by atoms with E-state index in [1.165, 1.54) is 23.9 Å². The standard InChI is InChI=1S/C16H10O3S/c17-12-7-8-13(18)15-11(12)6-9-14(16(15)19)20-10-4-2-1-3-5-10/h1-9,19H. The number of benzene rings is 2. The maximum Gasteiger partial charge on any atom is 0.190 e. The average Bonchev–Trinajstić information content (AvgIpc) is 2.46. The van der Waals surface area contributed by atoms with Crippen LogP contribution < -0.4 is 0 Å². The average molecular weight is 282 g/mol. The molecule has 1 aliphatic carbocycles. The molecule has 1 aliphatic rings. The second-order valence-corrected chi connectivity index (χ2v) is 5.43. The van der Waals surface area contributed by atoms with Crippen molar-refractivity contribution >= 4 is 23.3 Å². The zero-order valence-corrected chi connectivity index (χ0v) is 11.2. The van der Waals surface area contributed by atoms with E-state index >= 15 is 0 Å². The zero-order chi connectivity index (χ0) is 14.1. The molecule has 0 heterocycles. The highest BCUT2D eigenvalue weighted by molar-refractivity contribution is 7.99. The Balaban J connectivity index is 2.06. The van der Waals surface area contributed by atoms with E-state index < -0.39 is 0 Å². The smallest absolute Gasteiger partial charge is 0.190 e. The van der Waals surface area contributed by atoms with Gasteiger partial charge in [0.2, 0.25) is 0 Å². The summed E-state index contributed by atoms with van der Waals surface area (Å²) < 4.78 is 0. The molecule has 0 unspecified atom stereocenters. The SMILES string of the molecule is O=C1C=CC(=O)c2c1ccc(Sc1ccccc1)c2O. The minimum Gasteiger partial charge on any atom is -0.506 e. The van der Waals surface area contributed by atoms with Gasteiger partial charge in [0.1, 0.15) is 5.75 Å². The highest BCUT2D eigenvalue weighted by Gasteiger charge is 2.24. The van der Waals surface area contributed by atoms with Gasteiger partial charge in [-0.3, -0.25) is 9.59 Å². The summed E-state index contributed by atoms with van der Waals surface area (Å²) in [7, 11) is 0. The molecule has 0 saturated heterocycles. The maximum absolute atomic E-state index is 11.8. The Morgan fingerprint density at radius 2 is 1.55 bits per heavy atom. The second-order valence-electron chi connectivity index (χ2n) is 4.31. The highest BCUT2D eigenvalue weighted by Crippen LogP contribution is 2.39. The molecule has 0 aromatic heterocycles. The summed E-state index contributed by atoms with van der Waals surface area (Å²) in [6, 6.07) is 12.8. The molecule has 2 aromatic rings. The van der Waals surface area contributed by atoms with Crippen LogP contribution in [0.25, 0.3) is 0 Å². The first kappa shape index (κ1) is 12.7. The summed E-state index contributed by atoms with van der Waals surface area (Å²) in [6.45, 7) is 0. The number of hydrogen-bond donors (Lipinski definition) is 1. The van der Waals surface area contributed by atoms with Crippen molar-refractivity contribution in [2.45, 2.75) is 9.79 Å². The van der Waals surface area contributed by atoms with Gasteiger partial charge in [-0.15, -0.1) is 0 Å². The maximum atomic E-state index is 11.8. The van der Waals surface area contributed by atoms with Crippen LogP contribution in [0.2, 0.25) is 0 Å². The van der Waals surface area contributed by atoms with Crippen molar-refractivity contribution in [3.63, 3.8) is 0 Å². The number of phenols is 1. The fraction of sp³-hybridized carbons (Fsp3) is 0. The normalized spacial score (nSPS) is 13.4. The topological polar surface area (TPSA) is 54.4 Å². The van der Waals surface area contributed by atoms with E-state index in [1.54, 1.807) is 12.1 Å². The Labute approximate surface area is 119 Å². The lowest BCUT2D eigenvalue weighted by molar-refractivity contribution is 0.0991. The number of phenolic OH excluding ortho intramolecular Hbond substituents is 1. The molecule has 0 spiro atoms. The van der Waals surface area contributed by atoms with Gasteiger partial charge in [-0.2, -0.15) is 0 Å². The lowest BCUT2D eigenvalue weighted by Crippen LogP contribution is -2.11. The van der Waals surface area contributed by atoms with Gasteiger partial charge in [0.05, 0.1) is 10.5 Å². The van der Waals surface area contributed by atoms with Crippen LogP contribution in [-0.2, 0) is 0 Å². The number of ketones is 2. The Morgan fingerprint density at radius 3 is 2.30 bits per heavy atom. The summed E-state index contributed by atoms with van der Waals surface area (Å²) in [5, 5.41) is 10.3. The molecule has 0 saturated carbocycles. The molecular formula is C16H10O3S. The van der Waals surface area contributed by atoms with Crippen LogP contribution in [0.15, 0.2) is 64.4 Å². The zero-order valence-electron chi connectivity index (χ0n) is 10.4. The second kappa shape index (κ2) is 4.98. The third kappa shape index (κ3) is 2.14. The minimum atomic E-state index is -0.340. The fourth-order valence-corrected chi connectivity index (χ4v) is 2.93. The number of fused-ring (bicyclic) bond motifs is 1. The van der Waals surface area contributed by atoms with Gasteiger partial charge in [0, 0.05) is 10.5 Å². The van der Waals surface area contributed by atoms with Crippen LogP contribution in [0, 0.1) is 0 Å². The summed E-state index contributed by atoms with van der Waals surface area (Å²) in [6.07, 6.45) is 2.43. The molecule has 0 fully saturated rings. The van der Waals surface area contributed by atoms with E-state index in [2.05, 4.69) is 0 Å². The van der Waals surface area contributed by atoms with Gasteiger partial charge in [0.25, 0.3) is 0 Å². The van der Waals surface area contributed by atoms with Crippen molar-refractivity contribution < 1.29 is 14.7 Å². The molecular weight excluding hydrogens is 272 g/mol. The first-order valence-corrected chi connectivity index (χ1v) is 6.84. The number of rotatable bonds is 2. The number of carbonyl (C=O) groups is 2. The summed E-state index contributed by atoms with van der Waals surface area (Å²) in [4.78, 5) is 25.1. The molecule has 2 aromatic carbocycles. The van der Waals surface area contributed by atoms with E-state index in [-0.39, 0.29) is 28.4 Å². The highest BCUT2D eigenvalue weighted by atomic mass is 32.2. The van der Waals surface area contributed by atoms with Gasteiger partial charge in [-0.1, -0.05) is 30.0 Å². The predicted molar refractivity (Wildman–Crippen MR) is 76.5 cm³/mol. The number of allylic oxidation sites excluding steroid dienone is 2. The van der Waals surface area contributed by atoms with E-state index in [1.807, 2.05) is 30.3 Å². The van der Waals surface area contributed by atoms with Crippen molar-refractivity contribution in [1.29, 1.82) is 0 Å². The lowest BCUT2D eigenvalue weighted by Gasteiger charge is -2.13. The quantitative estimate of drug-likeness (QED) is 0.916. The van der Waals surface area contributed by atoms with Crippen LogP contribution >= 0.6 is 11.8 Å². The van der Waals surface area contributed by atoms with Crippen molar-refractivity contribution in [2.75, 3.05) is 0 Å². The molecule has 1 N–H and O–H groups in total. The van der Waals surface area contributed by atoms with Gasteiger partial charge >= 0.3 is 0 Å². The van der Waals surface area contributed by atoms with E-state index in [9.17, 15) is 14.7 Å². The van der Waals surface area contributed by atoms with Crippen molar-refractivity contribution in [1.82, 2.24) is 0 Å².